The summed E-state index contributed by atoms with van der Waals surface area (Å²) in [6.07, 6.45) is 4.80. The van der Waals surface area contributed by atoms with Crippen LogP contribution in [0.15, 0.2) is 71.3 Å². The molecular formula is C23H23N3O3. The van der Waals surface area contributed by atoms with Gasteiger partial charge in [0.05, 0.1) is 6.26 Å². The molecule has 1 atom stereocenters. The minimum absolute atomic E-state index is 0.236. The molecule has 0 unspecified atom stereocenters. The number of rotatable bonds is 5. The molecule has 0 aliphatic heterocycles. The van der Waals surface area contributed by atoms with Gasteiger partial charge in [-0.3, -0.25) is 4.79 Å². The number of furan rings is 1. The van der Waals surface area contributed by atoms with E-state index < -0.39 is 0 Å². The first-order valence-electron chi connectivity index (χ1n) is 9.76. The van der Waals surface area contributed by atoms with Gasteiger partial charge < -0.3 is 20.4 Å². The molecule has 3 amide bonds. The smallest absolute Gasteiger partial charge is 0.319 e. The van der Waals surface area contributed by atoms with E-state index in [2.05, 4.69) is 40.2 Å². The maximum atomic E-state index is 12.3. The normalized spacial score (nSPS) is 15.2. The molecule has 1 aliphatic rings. The molecule has 148 valence electrons. The number of aryl methyl sites for hydroxylation is 1. The number of fused-ring (bicyclic) bond motifs is 1. The van der Waals surface area contributed by atoms with E-state index in [9.17, 15) is 9.59 Å². The second-order valence-corrected chi connectivity index (χ2v) is 7.13. The largest absolute Gasteiger partial charge is 0.459 e. The molecule has 1 aliphatic carbocycles. The van der Waals surface area contributed by atoms with Crippen LogP contribution in [0, 0.1) is 0 Å². The fraction of sp³-hybridized carbons (Fsp3) is 0.217. The molecule has 3 N–H and O–H groups in total. The Balaban J connectivity index is 1.28. The summed E-state index contributed by atoms with van der Waals surface area (Å²) in [5.41, 5.74) is 4.01. The highest BCUT2D eigenvalue weighted by Crippen LogP contribution is 2.30. The van der Waals surface area contributed by atoms with Crippen molar-refractivity contribution >= 4 is 23.3 Å². The van der Waals surface area contributed by atoms with Crippen molar-refractivity contribution in [2.75, 3.05) is 17.2 Å². The third kappa shape index (κ3) is 4.66. The summed E-state index contributed by atoms with van der Waals surface area (Å²) in [6, 6.07) is 18.4. The highest BCUT2D eigenvalue weighted by molar-refractivity contribution is 6.02. The average molecular weight is 389 g/mol. The van der Waals surface area contributed by atoms with Crippen LogP contribution in [0.2, 0.25) is 0 Å². The van der Waals surface area contributed by atoms with Crippen LogP contribution >= 0.6 is 0 Å². The minimum atomic E-state index is -0.318. The minimum Gasteiger partial charge on any atom is -0.459 e. The molecule has 1 aromatic heterocycles. The van der Waals surface area contributed by atoms with Gasteiger partial charge in [0.1, 0.15) is 0 Å². The number of hydrogen-bond acceptors (Lipinski definition) is 3. The lowest BCUT2D eigenvalue weighted by Crippen LogP contribution is -2.33. The first-order chi connectivity index (χ1) is 14.2. The second-order valence-electron chi connectivity index (χ2n) is 7.13. The van der Waals surface area contributed by atoms with Crippen LogP contribution in [0.3, 0.4) is 0 Å². The molecule has 6 heteroatoms. The monoisotopic (exact) mass is 389 g/mol. The Morgan fingerprint density at radius 3 is 2.45 bits per heavy atom. The Bertz CT molecular complexity index is 981. The Hall–Kier alpha value is -3.54. The summed E-state index contributed by atoms with van der Waals surface area (Å²) >= 11 is 0. The molecule has 0 fully saturated rings. The van der Waals surface area contributed by atoms with Crippen molar-refractivity contribution < 1.29 is 14.0 Å². The maximum Gasteiger partial charge on any atom is 0.319 e. The highest BCUT2D eigenvalue weighted by Gasteiger charge is 2.20. The summed E-state index contributed by atoms with van der Waals surface area (Å²) in [5.74, 6) is 0.280. The van der Waals surface area contributed by atoms with Crippen molar-refractivity contribution in [1.29, 1.82) is 0 Å². The number of carbonyl (C=O) groups is 2. The predicted octanol–water partition coefficient (Wildman–Crippen LogP) is 4.77. The Morgan fingerprint density at radius 2 is 1.69 bits per heavy atom. The summed E-state index contributed by atoms with van der Waals surface area (Å²) in [4.78, 5) is 24.3. The van der Waals surface area contributed by atoms with E-state index in [0.717, 1.165) is 19.3 Å². The number of amides is 3. The van der Waals surface area contributed by atoms with Gasteiger partial charge in [-0.05, 0) is 66.8 Å². The molecule has 1 heterocycles. The third-order valence-electron chi connectivity index (χ3n) is 5.15. The molecule has 2 aromatic carbocycles. The fourth-order valence-electron chi connectivity index (χ4n) is 3.70. The van der Waals surface area contributed by atoms with Crippen molar-refractivity contribution in [2.24, 2.45) is 0 Å². The van der Waals surface area contributed by atoms with Crippen molar-refractivity contribution in [3.8, 4) is 0 Å². The number of nitrogens with one attached hydrogen (secondary N) is 3. The summed E-state index contributed by atoms with van der Waals surface area (Å²) in [5, 5.41) is 8.55. The van der Waals surface area contributed by atoms with Crippen LogP contribution in [0.25, 0.3) is 0 Å². The van der Waals surface area contributed by atoms with E-state index in [1.54, 1.807) is 36.4 Å². The highest BCUT2D eigenvalue weighted by atomic mass is 16.3. The second kappa shape index (κ2) is 8.65. The van der Waals surface area contributed by atoms with Crippen LogP contribution in [0.4, 0.5) is 16.2 Å². The summed E-state index contributed by atoms with van der Waals surface area (Å²) < 4.78 is 5.07. The lowest BCUT2D eigenvalue weighted by atomic mass is 9.83. The van der Waals surface area contributed by atoms with Crippen LogP contribution in [0.1, 0.15) is 40.4 Å². The number of urea groups is 1. The Kier molecular flexibility index (Phi) is 5.61. The Morgan fingerprint density at radius 1 is 0.931 bits per heavy atom. The van der Waals surface area contributed by atoms with E-state index in [0.29, 0.717) is 23.8 Å². The quantitative estimate of drug-likeness (QED) is 0.587. The molecule has 0 spiro atoms. The van der Waals surface area contributed by atoms with Crippen LogP contribution < -0.4 is 16.0 Å². The van der Waals surface area contributed by atoms with Crippen LogP contribution in [-0.2, 0) is 6.42 Å². The van der Waals surface area contributed by atoms with E-state index in [1.807, 2.05) is 0 Å². The fourth-order valence-corrected chi connectivity index (χ4v) is 3.70. The molecule has 4 rings (SSSR count). The number of benzene rings is 2. The molecule has 0 saturated heterocycles. The molecule has 0 saturated carbocycles. The first-order valence-corrected chi connectivity index (χ1v) is 9.76. The van der Waals surface area contributed by atoms with E-state index >= 15 is 0 Å². The zero-order valence-electron chi connectivity index (χ0n) is 16.0. The van der Waals surface area contributed by atoms with E-state index in [4.69, 9.17) is 4.42 Å². The molecule has 0 bridgehead atoms. The van der Waals surface area contributed by atoms with Gasteiger partial charge in [-0.2, -0.15) is 0 Å². The zero-order valence-corrected chi connectivity index (χ0v) is 16.0. The molecule has 3 aromatic rings. The standard InChI is InChI=1S/C23H23N3O3/c27-22(21-9-4-14-29-21)25-18-10-12-19(13-11-18)26-23(28)24-15-17-7-3-6-16-5-1-2-8-20(16)17/h1-2,4-5,8-14,17H,3,6-7,15H2,(H,25,27)(H2,24,26,28)/t17-/m1/s1. The van der Waals surface area contributed by atoms with Gasteiger partial charge in [-0.1, -0.05) is 24.3 Å². The molecule has 0 radical (unpaired) electrons. The summed E-state index contributed by atoms with van der Waals surface area (Å²) in [7, 11) is 0. The molecule has 29 heavy (non-hydrogen) atoms. The third-order valence-corrected chi connectivity index (χ3v) is 5.15. The van der Waals surface area contributed by atoms with Gasteiger partial charge >= 0.3 is 6.03 Å². The lowest BCUT2D eigenvalue weighted by Gasteiger charge is -2.25. The maximum absolute atomic E-state index is 12.3. The van der Waals surface area contributed by atoms with Crippen molar-refractivity contribution in [3.63, 3.8) is 0 Å². The number of carbonyl (C=O) groups excluding carboxylic acids is 2. The van der Waals surface area contributed by atoms with Crippen LogP contribution in [-0.4, -0.2) is 18.5 Å². The average Bonchev–Trinajstić information content (AvgIpc) is 3.29. The van der Waals surface area contributed by atoms with Crippen LogP contribution in [0.5, 0.6) is 0 Å². The van der Waals surface area contributed by atoms with Gasteiger partial charge in [0.2, 0.25) is 0 Å². The van der Waals surface area contributed by atoms with Crippen molar-refractivity contribution in [3.05, 3.63) is 83.8 Å². The molecule has 6 nitrogen and oxygen atoms in total. The van der Waals surface area contributed by atoms with Crippen molar-refractivity contribution in [2.45, 2.75) is 25.2 Å². The van der Waals surface area contributed by atoms with Gasteiger partial charge in [0, 0.05) is 23.8 Å². The van der Waals surface area contributed by atoms with Gasteiger partial charge in [-0.25, -0.2) is 4.79 Å². The van der Waals surface area contributed by atoms with Gasteiger partial charge in [0.25, 0.3) is 5.91 Å². The lowest BCUT2D eigenvalue weighted by molar-refractivity contribution is 0.0996. The van der Waals surface area contributed by atoms with Gasteiger partial charge in [0.15, 0.2) is 5.76 Å². The molecular weight excluding hydrogens is 366 g/mol. The van der Waals surface area contributed by atoms with E-state index in [-0.39, 0.29) is 17.7 Å². The first kappa shape index (κ1) is 18.8. The van der Waals surface area contributed by atoms with Crippen molar-refractivity contribution in [1.82, 2.24) is 5.32 Å². The topological polar surface area (TPSA) is 83.4 Å². The number of hydrogen-bond donors (Lipinski definition) is 3. The van der Waals surface area contributed by atoms with Gasteiger partial charge in [-0.15, -0.1) is 0 Å². The number of anilines is 2. The summed E-state index contributed by atoms with van der Waals surface area (Å²) in [6.45, 7) is 0.611. The zero-order chi connectivity index (χ0) is 20.1. The SMILES string of the molecule is O=C(NC[C@H]1CCCc2ccccc21)Nc1ccc(NC(=O)c2ccco2)cc1. The predicted molar refractivity (Wildman–Crippen MR) is 112 cm³/mol. The Labute approximate surface area is 169 Å². The van der Waals surface area contributed by atoms with E-state index in [1.165, 1.54) is 17.4 Å².